The molecule has 1 amide bonds. The fourth-order valence-corrected chi connectivity index (χ4v) is 3.37. The Hall–Kier alpha value is -1.82. The number of halogens is 2. The van der Waals surface area contributed by atoms with Crippen molar-refractivity contribution in [2.45, 2.75) is 6.42 Å². The summed E-state index contributed by atoms with van der Waals surface area (Å²) in [5.41, 5.74) is 2.41. The van der Waals surface area contributed by atoms with Gasteiger partial charge in [-0.3, -0.25) is 4.79 Å². The molecule has 1 N–H and O–H groups in total. The molecular formula is C19H22Cl2N4O. The van der Waals surface area contributed by atoms with Crippen LogP contribution >= 0.6 is 23.2 Å². The lowest BCUT2D eigenvalue weighted by Crippen LogP contribution is -2.47. The number of carbonyl (C=O) groups is 1. The van der Waals surface area contributed by atoms with Gasteiger partial charge in [0.25, 0.3) is 5.91 Å². The fraction of sp³-hybridized carbons (Fsp3) is 0.368. The van der Waals surface area contributed by atoms with Crippen LogP contribution in [0.5, 0.6) is 0 Å². The first kappa shape index (κ1) is 19.0. The zero-order valence-electron chi connectivity index (χ0n) is 14.7. The molecular weight excluding hydrogens is 371 g/mol. The lowest BCUT2D eigenvalue weighted by molar-refractivity contribution is 0.0658. The number of hydrogen-bond donors (Lipinski definition) is 1. The first-order valence-corrected chi connectivity index (χ1v) is 9.40. The van der Waals surface area contributed by atoms with Crippen LogP contribution < -0.4 is 5.32 Å². The maximum absolute atomic E-state index is 12.5. The van der Waals surface area contributed by atoms with E-state index in [1.54, 1.807) is 18.3 Å². The number of rotatable bonds is 5. The van der Waals surface area contributed by atoms with Crippen molar-refractivity contribution in [1.82, 2.24) is 14.8 Å². The minimum atomic E-state index is -0.00223. The lowest BCUT2D eigenvalue weighted by Gasteiger charge is -2.32. The largest absolute Gasteiger partial charge is 0.383 e. The van der Waals surface area contributed by atoms with Crippen LogP contribution in [-0.2, 0) is 6.42 Å². The Kier molecular flexibility index (Phi) is 6.35. The van der Waals surface area contributed by atoms with Gasteiger partial charge in [0.2, 0.25) is 0 Å². The summed E-state index contributed by atoms with van der Waals surface area (Å²) >= 11 is 12.1. The third-order valence-electron chi connectivity index (χ3n) is 4.51. The minimum Gasteiger partial charge on any atom is -0.383 e. The summed E-state index contributed by atoms with van der Waals surface area (Å²) in [5.74, 6) is -0.00223. The highest BCUT2D eigenvalue weighted by atomic mass is 35.5. The number of nitrogens with one attached hydrogen (secondary N) is 1. The summed E-state index contributed by atoms with van der Waals surface area (Å²) in [7, 11) is 2.07. The van der Waals surface area contributed by atoms with E-state index in [2.05, 4.69) is 22.2 Å². The van der Waals surface area contributed by atoms with Crippen LogP contribution in [0.15, 0.2) is 36.5 Å². The molecule has 2 heterocycles. The van der Waals surface area contributed by atoms with Crippen LogP contribution in [-0.4, -0.2) is 60.5 Å². The van der Waals surface area contributed by atoms with Gasteiger partial charge in [-0.1, -0.05) is 29.3 Å². The van der Waals surface area contributed by atoms with E-state index in [-0.39, 0.29) is 5.91 Å². The van der Waals surface area contributed by atoms with E-state index in [1.165, 1.54) is 0 Å². The van der Waals surface area contributed by atoms with Gasteiger partial charge in [0.05, 0.1) is 11.9 Å². The van der Waals surface area contributed by atoms with Crippen LogP contribution in [0.3, 0.4) is 0 Å². The van der Waals surface area contributed by atoms with Gasteiger partial charge in [-0.15, -0.1) is 0 Å². The van der Waals surface area contributed by atoms with E-state index in [9.17, 15) is 4.79 Å². The maximum atomic E-state index is 12.5. The number of benzene rings is 1. The van der Waals surface area contributed by atoms with Crippen molar-refractivity contribution in [2.24, 2.45) is 0 Å². The summed E-state index contributed by atoms with van der Waals surface area (Å²) in [5, 5.41) is 4.61. The van der Waals surface area contributed by atoms with E-state index in [0.717, 1.165) is 50.4 Å². The van der Waals surface area contributed by atoms with Crippen molar-refractivity contribution in [1.29, 1.82) is 0 Å². The molecule has 7 heteroatoms. The first-order chi connectivity index (χ1) is 12.5. The topological polar surface area (TPSA) is 48.5 Å². The second-order valence-corrected chi connectivity index (χ2v) is 7.28. The number of aromatic nitrogens is 1. The smallest absolute Gasteiger partial charge is 0.272 e. The van der Waals surface area contributed by atoms with Gasteiger partial charge in [-0.2, -0.15) is 0 Å². The molecule has 0 spiro atoms. The lowest BCUT2D eigenvalue weighted by atomic mass is 10.1. The number of likely N-dealkylation sites (N-methyl/N-ethyl adjacent to an activating group) is 1. The highest BCUT2D eigenvalue weighted by Crippen LogP contribution is 2.21. The van der Waals surface area contributed by atoms with Crippen molar-refractivity contribution >= 4 is 34.8 Å². The van der Waals surface area contributed by atoms with Crippen LogP contribution in [0.4, 0.5) is 5.69 Å². The second-order valence-electron chi connectivity index (χ2n) is 6.44. The number of nitrogens with zero attached hydrogens (tertiary/aromatic N) is 3. The maximum Gasteiger partial charge on any atom is 0.272 e. The molecule has 0 aliphatic carbocycles. The van der Waals surface area contributed by atoms with Crippen LogP contribution in [0.2, 0.25) is 10.0 Å². The van der Waals surface area contributed by atoms with E-state index in [4.69, 9.17) is 23.2 Å². The Morgan fingerprint density at radius 3 is 2.58 bits per heavy atom. The van der Waals surface area contributed by atoms with E-state index >= 15 is 0 Å². The predicted octanol–water partition coefficient (Wildman–Crippen LogP) is 3.43. The molecule has 1 aliphatic rings. The molecule has 0 saturated carbocycles. The fourth-order valence-electron chi connectivity index (χ4n) is 2.86. The standard InChI is InChI=1S/C19H22Cl2N4O/c1-24-8-10-25(11-9-24)19(26)18-5-4-16(13-23-18)22-7-6-14-2-3-15(20)12-17(14)21/h2-5,12-13,22H,6-11H2,1H3. The second kappa shape index (κ2) is 8.71. The molecule has 1 aromatic heterocycles. The molecule has 0 atom stereocenters. The number of piperazine rings is 1. The molecule has 1 saturated heterocycles. The first-order valence-electron chi connectivity index (χ1n) is 8.64. The van der Waals surface area contributed by atoms with Gasteiger partial charge in [-0.05, 0) is 43.3 Å². The normalized spacial score (nSPS) is 15.1. The molecule has 0 radical (unpaired) electrons. The van der Waals surface area contributed by atoms with E-state index in [1.807, 2.05) is 23.1 Å². The summed E-state index contributed by atoms with van der Waals surface area (Å²) in [4.78, 5) is 20.9. The zero-order valence-corrected chi connectivity index (χ0v) is 16.2. The highest BCUT2D eigenvalue weighted by molar-refractivity contribution is 6.35. The van der Waals surface area contributed by atoms with E-state index < -0.39 is 0 Å². The summed E-state index contributed by atoms with van der Waals surface area (Å²) < 4.78 is 0. The Labute approximate surface area is 163 Å². The van der Waals surface area contributed by atoms with Crippen molar-refractivity contribution in [3.05, 3.63) is 57.8 Å². The average molecular weight is 393 g/mol. The average Bonchev–Trinajstić information content (AvgIpc) is 2.64. The number of amides is 1. The molecule has 1 aliphatic heterocycles. The Balaban J connectivity index is 1.52. The van der Waals surface area contributed by atoms with Crippen LogP contribution in [0, 0.1) is 0 Å². The van der Waals surface area contributed by atoms with Gasteiger partial charge in [0.1, 0.15) is 5.69 Å². The number of pyridine rings is 1. The molecule has 0 unspecified atom stereocenters. The van der Waals surface area contributed by atoms with Crippen LogP contribution in [0.25, 0.3) is 0 Å². The van der Waals surface area contributed by atoms with Crippen molar-refractivity contribution in [3.8, 4) is 0 Å². The van der Waals surface area contributed by atoms with Gasteiger partial charge in [0.15, 0.2) is 0 Å². The molecule has 138 valence electrons. The van der Waals surface area contributed by atoms with Gasteiger partial charge < -0.3 is 15.1 Å². The molecule has 26 heavy (non-hydrogen) atoms. The molecule has 0 bridgehead atoms. The summed E-state index contributed by atoms with van der Waals surface area (Å²) in [6.07, 6.45) is 2.48. The number of anilines is 1. The SMILES string of the molecule is CN1CCN(C(=O)c2ccc(NCCc3ccc(Cl)cc3Cl)cn2)CC1. The minimum absolute atomic E-state index is 0.00223. The molecule has 1 aromatic carbocycles. The number of hydrogen-bond acceptors (Lipinski definition) is 4. The van der Waals surface area contributed by atoms with Crippen molar-refractivity contribution < 1.29 is 4.79 Å². The molecule has 3 rings (SSSR count). The Bertz CT molecular complexity index is 759. The molecule has 2 aromatic rings. The van der Waals surface area contributed by atoms with Gasteiger partial charge in [-0.25, -0.2) is 4.98 Å². The zero-order chi connectivity index (χ0) is 18.5. The predicted molar refractivity (Wildman–Crippen MR) is 106 cm³/mol. The van der Waals surface area contributed by atoms with Crippen molar-refractivity contribution in [3.63, 3.8) is 0 Å². The monoisotopic (exact) mass is 392 g/mol. The van der Waals surface area contributed by atoms with Gasteiger partial charge >= 0.3 is 0 Å². The summed E-state index contributed by atoms with van der Waals surface area (Å²) in [6, 6.07) is 9.18. The van der Waals surface area contributed by atoms with Crippen LogP contribution in [0.1, 0.15) is 16.1 Å². The highest BCUT2D eigenvalue weighted by Gasteiger charge is 2.21. The van der Waals surface area contributed by atoms with Gasteiger partial charge in [0, 0.05) is 42.8 Å². The molecule has 1 fully saturated rings. The number of carbonyl (C=O) groups excluding carboxylic acids is 1. The quantitative estimate of drug-likeness (QED) is 0.846. The van der Waals surface area contributed by atoms with Crippen molar-refractivity contribution in [2.75, 3.05) is 45.1 Å². The third kappa shape index (κ3) is 4.87. The summed E-state index contributed by atoms with van der Waals surface area (Å²) in [6.45, 7) is 4.02. The Morgan fingerprint density at radius 1 is 1.15 bits per heavy atom. The Morgan fingerprint density at radius 2 is 1.92 bits per heavy atom. The van der Waals surface area contributed by atoms with E-state index in [0.29, 0.717) is 15.7 Å². The molecule has 5 nitrogen and oxygen atoms in total. The third-order valence-corrected chi connectivity index (χ3v) is 5.10.